The highest BCUT2D eigenvalue weighted by Crippen LogP contribution is 2.28. The van der Waals surface area contributed by atoms with Gasteiger partial charge in [0.2, 0.25) is 10.0 Å². The van der Waals surface area contributed by atoms with E-state index in [0.717, 1.165) is 8.78 Å². The number of halogens is 1. The summed E-state index contributed by atoms with van der Waals surface area (Å²) in [6, 6.07) is 4.94. The lowest BCUT2D eigenvalue weighted by atomic mass is 10.1. The van der Waals surface area contributed by atoms with Gasteiger partial charge in [-0.05, 0) is 24.3 Å². The van der Waals surface area contributed by atoms with E-state index in [2.05, 4.69) is 25.9 Å². The van der Waals surface area contributed by atoms with Crippen LogP contribution in [0.1, 0.15) is 11.4 Å². The third-order valence-corrected chi connectivity index (χ3v) is 5.96. The number of benzene rings is 1. The van der Waals surface area contributed by atoms with Crippen molar-refractivity contribution in [1.82, 2.24) is 14.3 Å². The molecule has 0 spiro atoms. The Morgan fingerprint density at radius 3 is 2.68 bits per heavy atom. The summed E-state index contributed by atoms with van der Waals surface area (Å²) in [5, 5.41) is 9.37. The molecule has 0 saturated carbocycles. The Bertz CT molecular complexity index is 816. The van der Waals surface area contributed by atoms with Gasteiger partial charge in [0.25, 0.3) is 0 Å². The predicted molar refractivity (Wildman–Crippen MR) is 80.6 cm³/mol. The lowest BCUT2D eigenvalue weighted by molar-refractivity contribution is -0.141. The summed E-state index contributed by atoms with van der Waals surface area (Å²) in [5.74, 6) is -1.19. The summed E-state index contributed by atoms with van der Waals surface area (Å²) >= 11 is 3.24. The molecule has 2 N–H and O–H groups in total. The van der Waals surface area contributed by atoms with Crippen LogP contribution in [0.15, 0.2) is 40.0 Å². The largest absolute Gasteiger partial charge is 0.480 e. The highest BCUT2D eigenvalue weighted by atomic mass is 79.9. The van der Waals surface area contributed by atoms with Crippen molar-refractivity contribution in [1.29, 1.82) is 0 Å². The first-order chi connectivity index (χ1) is 10.4. The maximum absolute atomic E-state index is 12.8. The molecule has 0 radical (unpaired) electrons. The Morgan fingerprint density at radius 1 is 1.36 bits per heavy atom. The topological polar surface area (TPSA) is 103 Å². The highest BCUT2D eigenvalue weighted by molar-refractivity contribution is 9.10. The second kappa shape index (κ2) is 5.49. The summed E-state index contributed by atoms with van der Waals surface area (Å²) < 4.78 is 27.3. The van der Waals surface area contributed by atoms with Crippen molar-refractivity contribution in [3.05, 3.63) is 46.5 Å². The Hall–Kier alpha value is -1.71. The van der Waals surface area contributed by atoms with Crippen LogP contribution in [0.5, 0.6) is 0 Å². The number of hydrogen-bond acceptors (Lipinski definition) is 4. The Kier molecular flexibility index (Phi) is 3.79. The van der Waals surface area contributed by atoms with Crippen LogP contribution in [-0.2, 0) is 27.8 Å². The number of carboxylic acids is 1. The van der Waals surface area contributed by atoms with Gasteiger partial charge in [-0.25, -0.2) is 13.4 Å². The molecule has 1 aliphatic rings. The number of nitrogens with zero attached hydrogens (tertiary/aromatic N) is 2. The summed E-state index contributed by atoms with van der Waals surface area (Å²) in [7, 11) is -3.91. The van der Waals surface area contributed by atoms with Crippen LogP contribution >= 0.6 is 15.9 Å². The molecule has 1 aromatic heterocycles. The third-order valence-electron chi connectivity index (χ3n) is 3.56. The zero-order valence-electron chi connectivity index (χ0n) is 11.2. The number of nitrogens with one attached hydrogen (secondary N) is 1. The van der Waals surface area contributed by atoms with Gasteiger partial charge in [0.15, 0.2) is 0 Å². The predicted octanol–water partition coefficient (Wildman–Crippen LogP) is 1.37. The van der Waals surface area contributed by atoms with E-state index in [-0.39, 0.29) is 17.9 Å². The number of H-pyrrole nitrogens is 1. The van der Waals surface area contributed by atoms with E-state index in [1.807, 2.05) is 0 Å². The van der Waals surface area contributed by atoms with Crippen molar-refractivity contribution in [2.75, 3.05) is 0 Å². The number of carboxylic acid groups (broad SMARTS) is 1. The zero-order chi connectivity index (χ0) is 15.9. The molecule has 116 valence electrons. The van der Waals surface area contributed by atoms with E-state index in [1.165, 1.54) is 18.5 Å². The van der Waals surface area contributed by atoms with Crippen molar-refractivity contribution < 1.29 is 18.3 Å². The SMILES string of the molecule is O=C(O)C1Cc2nc[nH]c2CN1S(=O)(=O)c1ccc(Br)cc1. The molecule has 0 saturated heterocycles. The van der Waals surface area contributed by atoms with Crippen molar-refractivity contribution in [2.45, 2.75) is 23.9 Å². The molecule has 1 aromatic carbocycles. The smallest absolute Gasteiger partial charge is 0.322 e. The molecule has 3 rings (SSSR count). The first-order valence-corrected chi connectivity index (χ1v) is 8.64. The van der Waals surface area contributed by atoms with Crippen molar-refractivity contribution in [3.8, 4) is 0 Å². The molecule has 2 aromatic rings. The monoisotopic (exact) mass is 385 g/mol. The molecule has 22 heavy (non-hydrogen) atoms. The molecule has 1 aliphatic heterocycles. The van der Waals surface area contributed by atoms with Gasteiger partial charge in [0.1, 0.15) is 6.04 Å². The van der Waals surface area contributed by atoms with Crippen LogP contribution < -0.4 is 0 Å². The standard InChI is InChI=1S/C13H12BrN3O4S/c14-8-1-3-9(4-2-8)22(20,21)17-6-11-10(15-7-16-11)5-12(17)13(18)19/h1-4,7,12H,5-6H2,(H,15,16)(H,18,19). The van der Waals surface area contributed by atoms with Gasteiger partial charge in [0, 0.05) is 10.9 Å². The van der Waals surface area contributed by atoms with Crippen LogP contribution in [0.25, 0.3) is 0 Å². The van der Waals surface area contributed by atoms with Gasteiger partial charge in [-0.15, -0.1) is 0 Å². The van der Waals surface area contributed by atoms with E-state index in [4.69, 9.17) is 0 Å². The summed E-state index contributed by atoms with van der Waals surface area (Å²) in [4.78, 5) is 18.4. The molecule has 2 heterocycles. The normalized spacial score (nSPS) is 18.9. The van der Waals surface area contributed by atoms with Crippen molar-refractivity contribution in [2.24, 2.45) is 0 Å². The minimum Gasteiger partial charge on any atom is -0.480 e. The number of aromatic amines is 1. The van der Waals surface area contributed by atoms with E-state index in [9.17, 15) is 18.3 Å². The average molecular weight is 386 g/mol. The lowest BCUT2D eigenvalue weighted by Gasteiger charge is -2.31. The van der Waals surface area contributed by atoms with Gasteiger partial charge in [-0.2, -0.15) is 4.31 Å². The minimum absolute atomic E-state index is 0.0370. The molecule has 7 nitrogen and oxygen atoms in total. The number of rotatable bonds is 3. The van der Waals surface area contributed by atoms with Gasteiger partial charge >= 0.3 is 5.97 Å². The number of aliphatic carboxylic acids is 1. The maximum atomic E-state index is 12.8. The number of aromatic nitrogens is 2. The third kappa shape index (κ3) is 2.55. The van der Waals surface area contributed by atoms with E-state index in [0.29, 0.717) is 11.4 Å². The van der Waals surface area contributed by atoms with Gasteiger partial charge in [0.05, 0.1) is 29.2 Å². The fourth-order valence-electron chi connectivity index (χ4n) is 2.42. The first kappa shape index (κ1) is 15.2. The number of fused-ring (bicyclic) bond motifs is 1. The zero-order valence-corrected chi connectivity index (χ0v) is 13.6. The van der Waals surface area contributed by atoms with Crippen LogP contribution in [0.2, 0.25) is 0 Å². The van der Waals surface area contributed by atoms with E-state index >= 15 is 0 Å². The number of imidazole rings is 1. The molecule has 0 bridgehead atoms. The van der Waals surface area contributed by atoms with Crippen LogP contribution in [0.4, 0.5) is 0 Å². The molecular weight excluding hydrogens is 374 g/mol. The van der Waals surface area contributed by atoms with Gasteiger partial charge in [-0.3, -0.25) is 4.79 Å². The fourth-order valence-corrected chi connectivity index (χ4v) is 4.23. The highest BCUT2D eigenvalue weighted by Gasteiger charge is 2.40. The van der Waals surface area contributed by atoms with Gasteiger partial charge < -0.3 is 10.1 Å². The van der Waals surface area contributed by atoms with Crippen molar-refractivity contribution in [3.63, 3.8) is 0 Å². The molecule has 1 unspecified atom stereocenters. The molecule has 0 amide bonds. The fraction of sp³-hybridized carbons (Fsp3) is 0.231. The van der Waals surface area contributed by atoms with Crippen LogP contribution in [-0.4, -0.2) is 39.8 Å². The number of carbonyl (C=O) groups is 1. The number of hydrogen-bond donors (Lipinski definition) is 2. The second-order valence-electron chi connectivity index (χ2n) is 4.89. The molecule has 9 heteroatoms. The summed E-state index contributed by atoms with van der Waals surface area (Å²) in [6.45, 7) is -0.0370. The minimum atomic E-state index is -3.91. The van der Waals surface area contributed by atoms with E-state index in [1.54, 1.807) is 12.1 Å². The second-order valence-corrected chi connectivity index (χ2v) is 7.70. The first-order valence-electron chi connectivity index (χ1n) is 6.41. The number of sulfonamides is 1. The Morgan fingerprint density at radius 2 is 2.05 bits per heavy atom. The lowest BCUT2D eigenvalue weighted by Crippen LogP contribution is -2.48. The Labute approximate surface area is 135 Å². The molecular formula is C13H12BrN3O4S. The van der Waals surface area contributed by atoms with Crippen LogP contribution in [0, 0.1) is 0 Å². The summed E-state index contributed by atoms with van der Waals surface area (Å²) in [5.41, 5.74) is 1.22. The Balaban J connectivity index is 2.04. The molecule has 0 aliphatic carbocycles. The summed E-state index contributed by atoms with van der Waals surface area (Å²) in [6.07, 6.45) is 1.49. The molecule has 1 atom stereocenters. The van der Waals surface area contributed by atoms with E-state index < -0.39 is 22.0 Å². The van der Waals surface area contributed by atoms with Crippen molar-refractivity contribution >= 4 is 31.9 Å². The molecule has 0 fully saturated rings. The average Bonchev–Trinajstić information content (AvgIpc) is 2.93. The van der Waals surface area contributed by atoms with Crippen LogP contribution in [0.3, 0.4) is 0 Å². The quantitative estimate of drug-likeness (QED) is 0.830. The maximum Gasteiger partial charge on any atom is 0.322 e. The van der Waals surface area contributed by atoms with Gasteiger partial charge in [-0.1, -0.05) is 15.9 Å².